The number of hydrogen-bond acceptors (Lipinski definition) is 4. The van der Waals surface area contributed by atoms with Gasteiger partial charge in [-0.3, -0.25) is 4.79 Å². The summed E-state index contributed by atoms with van der Waals surface area (Å²) in [5.74, 6) is 0.0848. The number of nitrogens with zero attached hydrogens (tertiary/aromatic N) is 1. The average Bonchev–Trinajstić information content (AvgIpc) is 2.41. The summed E-state index contributed by atoms with van der Waals surface area (Å²) in [5.41, 5.74) is 7.29. The molecule has 1 unspecified atom stereocenters. The molecular weight excluding hydrogens is 230 g/mol. The lowest BCUT2D eigenvalue weighted by atomic mass is 10.2. The predicted octanol–water partition coefficient (Wildman–Crippen LogP) is 0.928. The van der Waals surface area contributed by atoms with Gasteiger partial charge in [0.1, 0.15) is 6.04 Å². The third kappa shape index (κ3) is 2.92. The summed E-state index contributed by atoms with van der Waals surface area (Å²) in [5, 5.41) is 3.15. The van der Waals surface area contributed by atoms with Crippen LogP contribution in [0.4, 0.5) is 11.4 Å². The number of amides is 1. The van der Waals surface area contributed by atoms with E-state index in [4.69, 9.17) is 10.5 Å². The molecule has 0 aromatic heterocycles. The van der Waals surface area contributed by atoms with E-state index in [0.29, 0.717) is 32.0 Å². The number of para-hydroxylation sites is 2. The monoisotopic (exact) mass is 249 g/mol. The molecule has 2 rings (SSSR count). The zero-order valence-electron chi connectivity index (χ0n) is 10.6. The third-order valence-electron chi connectivity index (χ3n) is 3.03. The van der Waals surface area contributed by atoms with Crippen molar-refractivity contribution < 1.29 is 9.53 Å². The Hall–Kier alpha value is -1.75. The predicted molar refractivity (Wildman–Crippen MR) is 71.3 cm³/mol. The van der Waals surface area contributed by atoms with Crippen LogP contribution in [0.3, 0.4) is 0 Å². The van der Waals surface area contributed by atoms with Crippen LogP contribution in [0.1, 0.15) is 6.92 Å². The van der Waals surface area contributed by atoms with Gasteiger partial charge in [0.25, 0.3) is 0 Å². The molecule has 98 valence electrons. The SMILES string of the molecule is CC(Nc1ccccc1N)C(=O)N1CCOCC1. The molecule has 1 fully saturated rings. The third-order valence-corrected chi connectivity index (χ3v) is 3.03. The highest BCUT2D eigenvalue weighted by atomic mass is 16.5. The topological polar surface area (TPSA) is 67.6 Å². The van der Waals surface area contributed by atoms with E-state index >= 15 is 0 Å². The molecule has 1 aliphatic rings. The number of nitrogens with two attached hydrogens (primary N) is 1. The highest BCUT2D eigenvalue weighted by molar-refractivity contribution is 5.85. The van der Waals surface area contributed by atoms with Gasteiger partial charge in [-0.05, 0) is 19.1 Å². The lowest BCUT2D eigenvalue weighted by Crippen LogP contribution is -2.47. The average molecular weight is 249 g/mol. The smallest absolute Gasteiger partial charge is 0.244 e. The number of rotatable bonds is 3. The van der Waals surface area contributed by atoms with Crippen LogP contribution in [0, 0.1) is 0 Å². The molecule has 0 radical (unpaired) electrons. The molecule has 1 aromatic carbocycles. The fourth-order valence-electron chi connectivity index (χ4n) is 1.98. The Morgan fingerprint density at radius 1 is 1.39 bits per heavy atom. The Labute approximate surface area is 107 Å². The standard InChI is InChI=1S/C13H19N3O2/c1-10(13(17)16-6-8-18-9-7-16)15-12-5-3-2-4-11(12)14/h2-5,10,15H,6-9,14H2,1H3. The fourth-order valence-corrected chi connectivity index (χ4v) is 1.98. The van der Waals surface area contributed by atoms with Crippen LogP contribution in [0.5, 0.6) is 0 Å². The summed E-state index contributed by atoms with van der Waals surface area (Å²) in [6, 6.07) is 7.17. The highest BCUT2D eigenvalue weighted by Gasteiger charge is 2.22. The molecule has 18 heavy (non-hydrogen) atoms. The molecular formula is C13H19N3O2. The Morgan fingerprint density at radius 2 is 2.06 bits per heavy atom. The molecule has 0 saturated carbocycles. The van der Waals surface area contributed by atoms with Crippen molar-refractivity contribution in [1.29, 1.82) is 0 Å². The Morgan fingerprint density at radius 3 is 2.72 bits per heavy atom. The molecule has 0 spiro atoms. The van der Waals surface area contributed by atoms with Gasteiger partial charge in [0.15, 0.2) is 0 Å². The Balaban J connectivity index is 1.96. The van der Waals surface area contributed by atoms with Gasteiger partial charge in [0.2, 0.25) is 5.91 Å². The minimum atomic E-state index is -0.284. The van der Waals surface area contributed by atoms with Crippen molar-refractivity contribution in [3.05, 3.63) is 24.3 Å². The van der Waals surface area contributed by atoms with Crippen molar-refractivity contribution in [2.45, 2.75) is 13.0 Å². The number of morpholine rings is 1. The number of ether oxygens (including phenoxy) is 1. The van der Waals surface area contributed by atoms with Gasteiger partial charge in [-0.2, -0.15) is 0 Å². The fraction of sp³-hybridized carbons (Fsp3) is 0.462. The van der Waals surface area contributed by atoms with E-state index < -0.39 is 0 Å². The maximum absolute atomic E-state index is 12.2. The second kappa shape index (κ2) is 5.73. The van der Waals surface area contributed by atoms with Crippen LogP contribution in [-0.2, 0) is 9.53 Å². The van der Waals surface area contributed by atoms with Crippen LogP contribution in [-0.4, -0.2) is 43.2 Å². The molecule has 5 heteroatoms. The molecule has 1 atom stereocenters. The number of carbonyl (C=O) groups excluding carboxylic acids is 1. The zero-order valence-corrected chi connectivity index (χ0v) is 10.6. The first kappa shape index (κ1) is 12.7. The number of anilines is 2. The van der Waals surface area contributed by atoms with Crippen molar-refractivity contribution in [3.8, 4) is 0 Å². The Bertz CT molecular complexity index is 416. The number of hydrogen-bond donors (Lipinski definition) is 2. The van der Waals surface area contributed by atoms with Gasteiger partial charge in [0.05, 0.1) is 24.6 Å². The van der Waals surface area contributed by atoms with E-state index in [9.17, 15) is 4.79 Å². The molecule has 1 saturated heterocycles. The van der Waals surface area contributed by atoms with Gasteiger partial charge in [-0.25, -0.2) is 0 Å². The van der Waals surface area contributed by atoms with Gasteiger partial charge in [-0.15, -0.1) is 0 Å². The van der Waals surface area contributed by atoms with E-state index in [-0.39, 0.29) is 11.9 Å². The molecule has 1 aromatic rings. The molecule has 1 heterocycles. The second-order valence-corrected chi connectivity index (χ2v) is 4.39. The number of benzene rings is 1. The number of nitrogens with one attached hydrogen (secondary N) is 1. The van der Waals surface area contributed by atoms with Crippen molar-refractivity contribution in [1.82, 2.24) is 4.90 Å². The quantitative estimate of drug-likeness (QED) is 0.782. The summed E-state index contributed by atoms with van der Waals surface area (Å²) in [6.07, 6.45) is 0. The van der Waals surface area contributed by atoms with Crippen molar-refractivity contribution >= 4 is 17.3 Å². The van der Waals surface area contributed by atoms with Crippen molar-refractivity contribution in [3.63, 3.8) is 0 Å². The van der Waals surface area contributed by atoms with Crippen LogP contribution >= 0.6 is 0 Å². The van der Waals surface area contributed by atoms with E-state index in [1.54, 1.807) is 0 Å². The van der Waals surface area contributed by atoms with Crippen LogP contribution in [0.2, 0.25) is 0 Å². The van der Waals surface area contributed by atoms with E-state index in [0.717, 1.165) is 5.69 Å². The maximum Gasteiger partial charge on any atom is 0.244 e. The number of carbonyl (C=O) groups is 1. The van der Waals surface area contributed by atoms with Crippen molar-refractivity contribution in [2.24, 2.45) is 0 Å². The van der Waals surface area contributed by atoms with Gasteiger partial charge >= 0.3 is 0 Å². The van der Waals surface area contributed by atoms with Gasteiger partial charge < -0.3 is 20.7 Å². The number of nitrogen functional groups attached to an aromatic ring is 1. The normalized spacial score (nSPS) is 17.3. The minimum absolute atomic E-state index is 0.0848. The van der Waals surface area contributed by atoms with E-state index in [1.807, 2.05) is 36.1 Å². The molecule has 0 bridgehead atoms. The van der Waals surface area contributed by atoms with Crippen LogP contribution in [0.15, 0.2) is 24.3 Å². The zero-order chi connectivity index (χ0) is 13.0. The largest absolute Gasteiger partial charge is 0.397 e. The maximum atomic E-state index is 12.2. The first-order valence-corrected chi connectivity index (χ1v) is 6.16. The summed E-state index contributed by atoms with van der Waals surface area (Å²) in [7, 11) is 0. The molecule has 5 nitrogen and oxygen atoms in total. The second-order valence-electron chi connectivity index (χ2n) is 4.39. The van der Waals surface area contributed by atoms with Crippen molar-refractivity contribution in [2.75, 3.05) is 37.4 Å². The summed E-state index contributed by atoms with van der Waals surface area (Å²) >= 11 is 0. The molecule has 1 amide bonds. The lowest BCUT2D eigenvalue weighted by molar-refractivity contribution is -0.135. The highest BCUT2D eigenvalue weighted by Crippen LogP contribution is 2.18. The molecule has 0 aliphatic carbocycles. The molecule has 3 N–H and O–H groups in total. The van der Waals surface area contributed by atoms with Crippen LogP contribution in [0.25, 0.3) is 0 Å². The van der Waals surface area contributed by atoms with Gasteiger partial charge in [-0.1, -0.05) is 12.1 Å². The first-order valence-electron chi connectivity index (χ1n) is 6.16. The first-order chi connectivity index (χ1) is 8.68. The summed E-state index contributed by atoms with van der Waals surface area (Å²) in [6.45, 7) is 4.41. The lowest BCUT2D eigenvalue weighted by Gasteiger charge is -2.29. The van der Waals surface area contributed by atoms with E-state index in [2.05, 4.69) is 5.32 Å². The summed E-state index contributed by atoms with van der Waals surface area (Å²) < 4.78 is 5.23. The van der Waals surface area contributed by atoms with Gasteiger partial charge in [0, 0.05) is 13.1 Å². The molecule has 1 aliphatic heterocycles. The van der Waals surface area contributed by atoms with E-state index in [1.165, 1.54) is 0 Å². The Kier molecular flexibility index (Phi) is 4.04. The summed E-state index contributed by atoms with van der Waals surface area (Å²) in [4.78, 5) is 14.0. The van der Waals surface area contributed by atoms with Crippen LogP contribution < -0.4 is 11.1 Å². The minimum Gasteiger partial charge on any atom is -0.397 e.